The number of carbonyl (C=O) groups is 1. The van der Waals surface area contributed by atoms with Crippen molar-refractivity contribution in [2.75, 3.05) is 24.7 Å². The summed E-state index contributed by atoms with van der Waals surface area (Å²) in [5, 5.41) is 25.5. The number of aldehydes is 1. The van der Waals surface area contributed by atoms with E-state index in [1.165, 1.54) is 5.52 Å². The number of aryl methyl sites for hydroxylation is 10. The van der Waals surface area contributed by atoms with Crippen molar-refractivity contribution in [2.45, 2.75) is 105 Å². The molecule has 0 radical (unpaired) electrons. The average Bonchev–Trinajstić information content (AvgIpc) is 4.33. The highest BCUT2D eigenvalue weighted by Gasteiger charge is 2.44. The predicted molar refractivity (Wildman–Crippen MR) is 286 cm³/mol. The van der Waals surface area contributed by atoms with E-state index in [1.807, 2.05) is 132 Å². The Bertz CT molecular complexity index is 3480. The Hall–Kier alpha value is -7.99. The van der Waals surface area contributed by atoms with Crippen LogP contribution in [0.25, 0.3) is 28.1 Å². The van der Waals surface area contributed by atoms with E-state index in [0.717, 1.165) is 134 Å². The van der Waals surface area contributed by atoms with Crippen molar-refractivity contribution < 1.29 is 9.90 Å². The van der Waals surface area contributed by atoms with Crippen LogP contribution in [0.2, 0.25) is 0 Å². The number of aromatic nitrogens is 14. The van der Waals surface area contributed by atoms with Crippen LogP contribution < -0.4 is 11.1 Å². The van der Waals surface area contributed by atoms with E-state index in [2.05, 4.69) is 93.5 Å². The molecule has 0 saturated heterocycles. The van der Waals surface area contributed by atoms with Gasteiger partial charge in [-0.1, -0.05) is 24.3 Å². The normalized spacial score (nSPS) is 19.1. The van der Waals surface area contributed by atoms with E-state index in [-0.39, 0.29) is 18.4 Å². The van der Waals surface area contributed by atoms with Crippen molar-refractivity contribution in [1.82, 2.24) is 68.8 Å². The van der Waals surface area contributed by atoms with Crippen LogP contribution in [-0.4, -0.2) is 93.8 Å². The smallest absolute Gasteiger partial charge is 0.148 e. The molecule has 382 valence electrons. The van der Waals surface area contributed by atoms with Gasteiger partial charge < -0.3 is 25.5 Å². The number of nitrogens with two attached hydrogens (primary N) is 1. The van der Waals surface area contributed by atoms with E-state index in [9.17, 15) is 9.90 Å². The molecular weight excluding hydrogens is 929 g/mol. The molecule has 0 spiro atoms. The van der Waals surface area contributed by atoms with Gasteiger partial charge in [-0.15, -0.1) is 0 Å². The summed E-state index contributed by atoms with van der Waals surface area (Å²) in [5.41, 5.74) is 18.7. The number of para-hydroxylation sites is 4. The van der Waals surface area contributed by atoms with Crippen LogP contribution in [0.1, 0.15) is 118 Å². The maximum atomic E-state index is 10.8. The molecule has 7 heterocycles. The lowest BCUT2D eigenvalue weighted by Crippen LogP contribution is -2.03. The van der Waals surface area contributed by atoms with Gasteiger partial charge in [0.2, 0.25) is 0 Å². The monoisotopic (exact) mass is 995 g/mol. The van der Waals surface area contributed by atoms with Crippen molar-refractivity contribution in [2.24, 2.45) is 18.9 Å². The minimum absolute atomic E-state index is 0.140. The predicted octanol–water partition coefficient (Wildman–Crippen LogP) is 8.63. The second-order valence-electron chi connectivity index (χ2n) is 19.8. The van der Waals surface area contributed by atoms with E-state index >= 15 is 0 Å². The Morgan fingerprint density at radius 1 is 0.581 bits per heavy atom. The second kappa shape index (κ2) is 21.2. The van der Waals surface area contributed by atoms with Gasteiger partial charge in [0.1, 0.15) is 47.1 Å². The molecule has 3 saturated carbocycles. The lowest BCUT2D eigenvalue weighted by Gasteiger charge is -2.08. The molecule has 18 heteroatoms. The Morgan fingerprint density at radius 3 is 1.46 bits per heavy atom. The van der Waals surface area contributed by atoms with Gasteiger partial charge in [-0.25, -0.2) is 34.0 Å². The highest BCUT2D eigenvalue weighted by Crippen LogP contribution is 2.54. The van der Waals surface area contributed by atoms with Crippen LogP contribution in [0.4, 0.5) is 11.4 Å². The van der Waals surface area contributed by atoms with Gasteiger partial charge in [-0.2, -0.15) is 15.3 Å². The van der Waals surface area contributed by atoms with Gasteiger partial charge >= 0.3 is 0 Å². The van der Waals surface area contributed by atoms with Gasteiger partial charge in [-0.05, 0) is 148 Å². The first-order chi connectivity index (χ1) is 35.5. The van der Waals surface area contributed by atoms with Crippen LogP contribution in [0.5, 0.6) is 0 Å². The Balaban J connectivity index is 0.000000128. The molecule has 3 unspecified atom stereocenters. The maximum absolute atomic E-state index is 10.8. The summed E-state index contributed by atoms with van der Waals surface area (Å²) in [4.78, 5) is 42.7. The topological polar surface area (TPSA) is 224 Å². The van der Waals surface area contributed by atoms with E-state index in [4.69, 9.17) is 15.7 Å². The van der Waals surface area contributed by atoms with Gasteiger partial charge in [-0.3, -0.25) is 15.0 Å². The number of pyridine rings is 3. The summed E-state index contributed by atoms with van der Waals surface area (Å²) in [6.07, 6.45) is 4.05. The minimum atomic E-state index is 0.140. The molecule has 3 fully saturated rings. The van der Waals surface area contributed by atoms with Crippen LogP contribution in [-0.2, 0) is 11.8 Å². The van der Waals surface area contributed by atoms with E-state index in [0.29, 0.717) is 23.7 Å². The molecule has 3 aliphatic rings. The molecule has 7 aromatic heterocycles. The number of carbonyl (C=O) groups excluding carboxylic acids is 1. The number of hydrogen-bond donors (Lipinski definition) is 3. The van der Waals surface area contributed by atoms with Crippen molar-refractivity contribution in [3.63, 3.8) is 0 Å². The molecule has 74 heavy (non-hydrogen) atoms. The second-order valence-corrected chi connectivity index (χ2v) is 19.8. The molecule has 9 aromatic rings. The number of hydrogen-bond acceptors (Lipinski definition) is 14. The van der Waals surface area contributed by atoms with Crippen molar-refractivity contribution in [3.8, 4) is 17.1 Å². The van der Waals surface area contributed by atoms with Crippen LogP contribution in [0, 0.1) is 74.1 Å². The third kappa shape index (κ3) is 11.3. The van der Waals surface area contributed by atoms with Crippen LogP contribution in [0.3, 0.4) is 0 Å². The molecular formula is C56H66N16O2. The van der Waals surface area contributed by atoms with Gasteiger partial charge in [0.05, 0.1) is 39.5 Å². The fraction of sp³-hybridized carbons (Fsp3) is 0.375. The first-order valence-electron chi connectivity index (χ1n) is 25.2. The molecule has 0 bridgehead atoms. The number of anilines is 2. The molecule has 12 rings (SSSR count). The van der Waals surface area contributed by atoms with Crippen molar-refractivity contribution >= 4 is 28.7 Å². The lowest BCUT2D eigenvalue weighted by molar-refractivity contribution is -0.108. The number of nitrogens with one attached hydrogen (secondary N) is 1. The number of rotatable bonds is 10. The summed E-state index contributed by atoms with van der Waals surface area (Å²) in [6, 6.07) is 28.3. The first kappa shape index (κ1) is 50.9. The molecule has 2 aromatic carbocycles. The number of nitrogens with zero attached hydrogens (tertiary/aromatic N) is 14. The van der Waals surface area contributed by atoms with Gasteiger partial charge in [0.15, 0.2) is 0 Å². The number of imidazole rings is 1. The highest BCUT2D eigenvalue weighted by atomic mass is 16.3. The first-order valence-corrected chi connectivity index (χ1v) is 25.2. The summed E-state index contributed by atoms with van der Waals surface area (Å²) in [5.74, 6) is 8.11. The highest BCUT2D eigenvalue weighted by molar-refractivity contribution is 5.76. The Morgan fingerprint density at radius 2 is 1.05 bits per heavy atom. The van der Waals surface area contributed by atoms with Crippen molar-refractivity contribution in [1.29, 1.82) is 0 Å². The zero-order valence-corrected chi connectivity index (χ0v) is 44.1. The lowest BCUT2D eigenvalue weighted by atomic mass is 10.1. The Kier molecular flexibility index (Phi) is 14.6. The van der Waals surface area contributed by atoms with E-state index < -0.39 is 0 Å². The Labute approximate surface area is 431 Å². The number of aliphatic hydroxyl groups is 1. The third-order valence-corrected chi connectivity index (χ3v) is 13.7. The maximum Gasteiger partial charge on any atom is 0.148 e. The average molecular weight is 995 g/mol. The zero-order valence-electron chi connectivity index (χ0n) is 44.1. The molecule has 4 N–H and O–H groups in total. The largest absolute Gasteiger partial charge is 0.397 e. The summed E-state index contributed by atoms with van der Waals surface area (Å²) in [7, 11) is 3.96. The third-order valence-electron chi connectivity index (χ3n) is 13.7. The molecule has 3 aliphatic carbocycles. The fourth-order valence-electron chi connectivity index (χ4n) is 9.80. The van der Waals surface area contributed by atoms with Crippen molar-refractivity contribution in [3.05, 3.63) is 160 Å². The number of nitrogen functional groups attached to an aromatic ring is 1. The van der Waals surface area contributed by atoms with Gasteiger partial charge in [0.25, 0.3) is 0 Å². The van der Waals surface area contributed by atoms with Crippen LogP contribution in [0.15, 0.2) is 84.9 Å². The summed E-state index contributed by atoms with van der Waals surface area (Å²) < 4.78 is 7.80. The van der Waals surface area contributed by atoms with Crippen LogP contribution >= 0.6 is 0 Å². The molecule has 18 nitrogen and oxygen atoms in total. The molecule has 0 aliphatic heterocycles. The SMILES string of the molecule is CNc1ccccc1N.Cc1cc(-n2nc(C)nc2C)cc(C2C[C@@H]2C=O)n1.Cc1cc(-n2nc(C)nc2C)cc(C2C[C@@H]2CO)n1.Cc1cc(-n2nc(C)nc2C)cc(C2C[C@@H]2c2nc3ccccc3n2C)n1. The summed E-state index contributed by atoms with van der Waals surface area (Å²) >= 11 is 0. The molecule has 6 atom stereocenters. The number of aliphatic hydroxyl groups excluding tert-OH is 1. The summed E-state index contributed by atoms with van der Waals surface area (Å²) in [6.45, 7) is 17.8. The molecule has 0 amide bonds. The fourth-order valence-corrected chi connectivity index (χ4v) is 9.80. The van der Waals surface area contributed by atoms with E-state index in [1.54, 1.807) is 0 Å². The number of benzene rings is 2. The minimum Gasteiger partial charge on any atom is -0.397 e. The zero-order chi connectivity index (χ0) is 52.5. The quantitative estimate of drug-likeness (QED) is 0.0862. The van der Waals surface area contributed by atoms with Gasteiger partial charge in [0, 0.05) is 84.5 Å². The standard InChI is InChI=1S/C21H22N6.C14H18N4O.C14H16N4O.C7H10N2/c1-12-9-15(27-14(3)23-13(2)25-27)10-19(22-12)16-11-17(16)21-24-18-7-5-6-8-20(18)26(21)4;2*1-8-4-12(18-10(3)16-9(2)17-18)6-14(15-8)13-5-11(13)7-19;1-9-7-5-3-2-4-6(7)8/h5-10,16-17H,11H2,1-4H3;4,6,11,13,19H,5,7H2,1-3H3;4,6-7,11,13H,5H2,1-3H3;2-5,9H,8H2,1H3/t16?,17-;2*11-,13?;/m011./s1. The number of fused-ring (bicyclic) bond motifs is 1.